The Bertz CT molecular complexity index is 2140. The molecule has 8 atom stereocenters. The Balaban J connectivity index is 1.72. The first-order valence-corrected chi connectivity index (χ1v) is 26.1. The van der Waals surface area contributed by atoms with Crippen molar-refractivity contribution < 1.29 is 43.2 Å². The first kappa shape index (κ1) is 56.1. The van der Waals surface area contributed by atoms with Crippen molar-refractivity contribution in [3.05, 3.63) is 70.8 Å². The molecule has 378 valence electrons. The molecule has 8 unspecified atom stereocenters. The minimum absolute atomic E-state index is 0.00324. The van der Waals surface area contributed by atoms with Gasteiger partial charge in [-0.3, -0.25) is 43.2 Å². The molecule has 8 amide bonds. The van der Waals surface area contributed by atoms with Crippen LogP contribution in [0.3, 0.4) is 0 Å². The molecule has 2 aliphatic rings. The van der Waals surface area contributed by atoms with Crippen LogP contribution in [0.15, 0.2) is 48.5 Å². The molecule has 0 aromatic heterocycles. The van der Waals surface area contributed by atoms with Crippen molar-refractivity contribution in [1.82, 2.24) is 42.1 Å². The van der Waals surface area contributed by atoms with E-state index < -0.39 is 108 Å². The molecule has 0 radical (unpaired) electrons. The number of hydrogen-bond acceptors (Lipinski definition) is 12. The Morgan fingerprint density at radius 1 is 0.725 bits per heavy atom. The van der Waals surface area contributed by atoms with Crippen LogP contribution in [-0.2, 0) is 56.0 Å². The molecule has 69 heavy (non-hydrogen) atoms. The summed E-state index contributed by atoms with van der Waals surface area (Å²) in [4.78, 5) is 126. The Labute approximate surface area is 413 Å². The molecule has 0 aliphatic carbocycles. The molecule has 2 aliphatic heterocycles. The smallest absolute Gasteiger partial charge is 0.244 e. The second-order valence-electron chi connectivity index (χ2n) is 18.9. The maximum absolute atomic E-state index is 14.4. The van der Waals surface area contributed by atoms with E-state index in [0.29, 0.717) is 42.7 Å². The topological polar surface area (TPSA) is 267 Å². The number of nitrogens with two attached hydrogens (primary N) is 1. The quantitative estimate of drug-likeness (QED) is 0.141. The number of nitrogens with one attached hydrogen (secondary N) is 7. The molecule has 2 fully saturated rings. The predicted molar refractivity (Wildman–Crippen MR) is 267 cm³/mol. The Hall–Kier alpha value is -5.47. The Morgan fingerprint density at radius 3 is 1.81 bits per heavy atom. The summed E-state index contributed by atoms with van der Waals surface area (Å²) in [6.07, 6.45) is 0.784. The summed E-state index contributed by atoms with van der Waals surface area (Å²) in [5, 5.41) is 19.2. The van der Waals surface area contributed by atoms with E-state index in [1.54, 1.807) is 45.0 Å². The van der Waals surface area contributed by atoms with Crippen molar-refractivity contribution in [3.63, 3.8) is 0 Å². The van der Waals surface area contributed by atoms with Crippen molar-refractivity contribution in [2.24, 2.45) is 17.6 Å². The summed E-state index contributed by atoms with van der Waals surface area (Å²) in [5.74, 6) is -5.52. The van der Waals surface area contributed by atoms with Gasteiger partial charge in [-0.2, -0.15) is 0 Å². The fourth-order valence-electron chi connectivity index (χ4n) is 7.92. The number of nitrogens with zero attached hydrogens (tertiary/aromatic N) is 1. The molecule has 4 rings (SSSR count). The molecule has 2 aromatic carbocycles. The molecule has 9 N–H and O–H groups in total. The summed E-state index contributed by atoms with van der Waals surface area (Å²) in [7, 11) is 2.52. The van der Waals surface area contributed by atoms with E-state index in [2.05, 4.69) is 37.2 Å². The number of carbonyl (C=O) groups is 9. The number of benzene rings is 2. The first-order chi connectivity index (χ1) is 32.6. The van der Waals surface area contributed by atoms with Crippen molar-refractivity contribution in [1.29, 1.82) is 0 Å². The van der Waals surface area contributed by atoms with Gasteiger partial charge in [0.05, 0.1) is 12.6 Å². The number of carbonyl (C=O) groups excluding carboxylic acids is 9. The van der Waals surface area contributed by atoms with Gasteiger partial charge in [0.15, 0.2) is 0 Å². The average Bonchev–Trinajstić information content (AvgIpc) is 3.78. The zero-order valence-electron chi connectivity index (χ0n) is 41.0. The van der Waals surface area contributed by atoms with Gasteiger partial charge in [-0.1, -0.05) is 109 Å². The van der Waals surface area contributed by atoms with Crippen LogP contribution in [-0.4, -0.2) is 131 Å². The van der Waals surface area contributed by atoms with Crippen molar-refractivity contribution >= 4 is 74.6 Å². The molecule has 18 nitrogen and oxygen atoms in total. The highest BCUT2D eigenvalue weighted by molar-refractivity contribution is 8.76. The molecular formula is C49H71N9O9S2. The summed E-state index contributed by atoms with van der Waals surface area (Å²) in [5.41, 5.74) is 9.51. The molecular weight excluding hydrogens is 923 g/mol. The van der Waals surface area contributed by atoms with Crippen molar-refractivity contribution in [3.8, 4) is 0 Å². The first-order valence-electron chi connectivity index (χ1n) is 23.6. The third-order valence-corrected chi connectivity index (χ3v) is 14.3. The van der Waals surface area contributed by atoms with Gasteiger partial charge in [0.1, 0.15) is 42.0 Å². The molecule has 2 aromatic rings. The Morgan fingerprint density at radius 2 is 1.26 bits per heavy atom. The molecule has 2 saturated heterocycles. The zero-order valence-corrected chi connectivity index (χ0v) is 42.6. The monoisotopic (exact) mass is 993 g/mol. The highest BCUT2D eigenvalue weighted by atomic mass is 33.1. The zero-order chi connectivity index (χ0) is 50.9. The number of hydrogen-bond donors (Lipinski definition) is 8. The van der Waals surface area contributed by atoms with Crippen LogP contribution in [0.25, 0.3) is 0 Å². The van der Waals surface area contributed by atoms with E-state index in [1.165, 1.54) is 33.4 Å². The molecule has 0 spiro atoms. The van der Waals surface area contributed by atoms with E-state index in [4.69, 9.17) is 5.73 Å². The van der Waals surface area contributed by atoms with Crippen molar-refractivity contribution in [2.45, 2.75) is 142 Å². The maximum atomic E-state index is 14.4. The number of aryl methyl sites for hydroxylation is 2. The van der Waals surface area contributed by atoms with Gasteiger partial charge in [0.2, 0.25) is 47.3 Å². The van der Waals surface area contributed by atoms with E-state index in [9.17, 15) is 43.2 Å². The van der Waals surface area contributed by atoms with Gasteiger partial charge in [-0.15, -0.1) is 0 Å². The van der Waals surface area contributed by atoms with Gasteiger partial charge < -0.3 is 47.9 Å². The summed E-state index contributed by atoms with van der Waals surface area (Å²) in [6.45, 7) is 14.0. The summed E-state index contributed by atoms with van der Waals surface area (Å²) in [6, 6.07) is 6.08. The van der Waals surface area contributed by atoms with Gasteiger partial charge >= 0.3 is 0 Å². The number of amides is 8. The molecule has 20 heteroatoms. The second-order valence-corrected chi connectivity index (χ2v) is 21.5. The summed E-state index contributed by atoms with van der Waals surface area (Å²) >= 11 is 0. The average molecular weight is 994 g/mol. The van der Waals surface area contributed by atoms with Crippen LogP contribution in [0.5, 0.6) is 0 Å². The van der Waals surface area contributed by atoms with Crippen LogP contribution in [0.1, 0.15) is 89.5 Å². The number of rotatable bonds is 12. The van der Waals surface area contributed by atoms with Crippen LogP contribution < -0.4 is 43.0 Å². The lowest BCUT2D eigenvalue weighted by atomic mass is 10.0. The lowest BCUT2D eigenvalue weighted by Crippen LogP contribution is -2.60. The standard InChI is InChI=1S/C49H71N9O9S2/c1-27(2)20-35(50)49(67)58-19-9-10-40(58)47(65)56-39-26-69-68-25-31(7)52-48(66)42(28(3)4)57-41(60)24-51-43(61)37(22-33-15-11-29(5)12-16-33)54-45(63)38(23-34-17-13-30(6)14-18-34)55-44(62)36(21-32(8)59)53-46(39)64/h11-18,27-28,31,35-40,42H,9-10,19-26,50H2,1-8H3,(H,51,61)(H,52,66)(H,53,64)(H,54,63)(H,55,62)(H,56,65)(H,57,60). The number of likely N-dealkylation sites (tertiary alicyclic amines) is 1. The van der Waals surface area contributed by atoms with Crippen LogP contribution in [0.4, 0.5) is 0 Å². The van der Waals surface area contributed by atoms with E-state index in [-0.39, 0.29) is 36.3 Å². The lowest BCUT2D eigenvalue weighted by Gasteiger charge is -2.29. The second kappa shape index (κ2) is 27.1. The fourth-order valence-corrected chi connectivity index (χ4v) is 10.4. The molecule has 0 saturated carbocycles. The van der Waals surface area contributed by atoms with E-state index in [0.717, 1.165) is 11.1 Å². The number of ketones is 1. The van der Waals surface area contributed by atoms with E-state index in [1.807, 2.05) is 52.0 Å². The minimum atomic E-state index is -1.50. The number of Topliss-reactive ketones (excluding diaryl/α,β-unsaturated/α-hetero) is 1. The lowest BCUT2D eigenvalue weighted by molar-refractivity contribution is -0.140. The Kier molecular flexibility index (Phi) is 22.0. The normalized spacial score (nSPS) is 24.6. The van der Waals surface area contributed by atoms with Crippen LogP contribution in [0, 0.1) is 25.7 Å². The SMILES string of the molecule is CC(=O)CC1NC(=O)C(NC(=O)C2CCCN2C(=O)C(N)CC(C)C)CSSCC(C)NC(=O)C(C(C)C)NC(=O)CNC(=O)C(Cc2ccc(C)cc2)NC(=O)C(Cc2ccc(C)cc2)NC1=O. The van der Waals surface area contributed by atoms with Crippen LogP contribution >= 0.6 is 21.6 Å². The van der Waals surface area contributed by atoms with Gasteiger partial charge in [-0.05, 0) is 69.9 Å². The highest BCUT2D eigenvalue weighted by Gasteiger charge is 2.39. The minimum Gasteiger partial charge on any atom is -0.351 e. The largest absolute Gasteiger partial charge is 0.351 e. The third kappa shape index (κ3) is 18.1. The molecule has 0 bridgehead atoms. The summed E-state index contributed by atoms with van der Waals surface area (Å²) < 4.78 is 0. The fraction of sp³-hybridized carbons (Fsp3) is 0.571. The highest BCUT2D eigenvalue weighted by Crippen LogP contribution is 2.25. The van der Waals surface area contributed by atoms with Crippen LogP contribution in [0.2, 0.25) is 0 Å². The van der Waals surface area contributed by atoms with Crippen molar-refractivity contribution in [2.75, 3.05) is 24.6 Å². The third-order valence-electron chi connectivity index (χ3n) is 11.7. The maximum Gasteiger partial charge on any atom is 0.244 e. The molecule has 2 heterocycles. The predicted octanol–water partition coefficient (Wildman–Crippen LogP) is 1.53. The van der Waals surface area contributed by atoms with Gasteiger partial charge in [0.25, 0.3) is 0 Å². The van der Waals surface area contributed by atoms with E-state index >= 15 is 0 Å². The van der Waals surface area contributed by atoms with Gasteiger partial charge in [0, 0.05) is 43.4 Å². The van der Waals surface area contributed by atoms with Gasteiger partial charge in [-0.25, -0.2) is 0 Å².